The molecule has 0 saturated heterocycles. The van der Waals surface area contributed by atoms with Gasteiger partial charge in [0, 0.05) is 0 Å². The highest BCUT2D eigenvalue weighted by Crippen LogP contribution is 2.28. The summed E-state index contributed by atoms with van der Waals surface area (Å²) in [4.78, 5) is 0.0146. The molecule has 6 heteroatoms. The molecule has 2 N–H and O–H groups in total. The van der Waals surface area contributed by atoms with Gasteiger partial charge in [0.05, 0.1) is 12.8 Å². The average molecular weight is 279 g/mol. The molecule has 0 heterocycles. The number of hydrogen-bond donors (Lipinski definition) is 2. The summed E-state index contributed by atoms with van der Waals surface area (Å²) in [6, 6.07) is 12.4. The molecule has 2 aromatic rings. The van der Waals surface area contributed by atoms with E-state index in [-0.39, 0.29) is 22.1 Å². The predicted octanol–water partition coefficient (Wildman–Crippen LogP) is 2.20. The van der Waals surface area contributed by atoms with Crippen molar-refractivity contribution in [1.82, 2.24) is 0 Å². The second-order valence-electron chi connectivity index (χ2n) is 3.77. The summed E-state index contributed by atoms with van der Waals surface area (Å²) in [5.41, 5.74) is 0.119. The fourth-order valence-electron chi connectivity index (χ4n) is 1.60. The van der Waals surface area contributed by atoms with Crippen LogP contribution in [-0.4, -0.2) is 20.6 Å². The van der Waals surface area contributed by atoms with Crippen LogP contribution in [0.5, 0.6) is 11.5 Å². The number of sulfonamides is 1. The van der Waals surface area contributed by atoms with Gasteiger partial charge in [0.15, 0.2) is 0 Å². The Morgan fingerprint density at radius 1 is 1.05 bits per heavy atom. The van der Waals surface area contributed by atoms with Crippen molar-refractivity contribution in [2.75, 3.05) is 11.8 Å². The molecule has 19 heavy (non-hydrogen) atoms. The summed E-state index contributed by atoms with van der Waals surface area (Å²) in [5.74, 6) is 0.103. The first-order chi connectivity index (χ1) is 9.04. The number of hydrogen-bond acceptors (Lipinski definition) is 4. The van der Waals surface area contributed by atoms with Crippen LogP contribution < -0.4 is 9.46 Å². The maximum absolute atomic E-state index is 12.2. The molecule has 0 fully saturated rings. The quantitative estimate of drug-likeness (QED) is 0.841. The van der Waals surface area contributed by atoms with Crippen LogP contribution in [0.15, 0.2) is 53.4 Å². The minimum Gasteiger partial charge on any atom is -0.506 e. The summed E-state index contributed by atoms with van der Waals surface area (Å²) in [6.45, 7) is 0. The minimum absolute atomic E-state index is 0.0146. The number of phenolic OH excluding ortho intramolecular Hbond substituents is 1. The van der Waals surface area contributed by atoms with E-state index in [9.17, 15) is 13.5 Å². The minimum atomic E-state index is -3.81. The SMILES string of the molecule is COc1ccccc1S(=O)(=O)Nc1ccccc1O. The van der Waals surface area contributed by atoms with Gasteiger partial charge in [-0.3, -0.25) is 4.72 Å². The number of rotatable bonds is 4. The number of phenols is 1. The molecule has 0 aliphatic carbocycles. The molecule has 0 bridgehead atoms. The van der Waals surface area contributed by atoms with Gasteiger partial charge in [-0.15, -0.1) is 0 Å². The van der Waals surface area contributed by atoms with Gasteiger partial charge in [-0.1, -0.05) is 24.3 Å². The number of benzene rings is 2. The fraction of sp³-hybridized carbons (Fsp3) is 0.0769. The first-order valence-electron chi connectivity index (χ1n) is 5.48. The summed E-state index contributed by atoms with van der Waals surface area (Å²) < 4.78 is 31.8. The zero-order valence-electron chi connectivity index (χ0n) is 10.2. The summed E-state index contributed by atoms with van der Waals surface area (Å²) in [5, 5.41) is 9.59. The molecule has 5 nitrogen and oxygen atoms in total. The molecular weight excluding hydrogens is 266 g/mol. The maximum Gasteiger partial charge on any atom is 0.265 e. The number of ether oxygens (including phenoxy) is 1. The Hall–Kier alpha value is -2.21. The lowest BCUT2D eigenvalue weighted by atomic mass is 10.3. The van der Waals surface area contributed by atoms with Crippen LogP contribution in [0.25, 0.3) is 0 Å². The van der Waals surface area contributed by atoms with Crippen LogP contribution >= 0.6 is 0 Å². The summed E-state index contributed by atoms with van der Waals surface area (Å²) in [6.07, 6.45) is 0. The molecule has 0 aliphatic rings. The lowest BCUT2D eigenvalue weighted by molar-refractivity contribution is 0.403. The molecule has 2 rings (SSSR count). The molecule has 0 aliphatic heterocycles. The van der Waals surface area contributed by atoms with Crippen molar-refractivity contribution in [3.8, 4) is 11.5 Å². The Morgan fingerprint density at radius 2 is 1.68 bits per heavy atom. The molecule has 2 aromatic carbocycles. The molecule has 0 amide bonds. The van der Waals surface area contributed by atoms with Gasteiger partial charge in [-0.25, -0.2) is 8.42 Å². The van der Waals surface area contributed by atoms with E-state index in [2.05, 4.69) is 4.72 Å². The molecular formula is C13H13NO4S. The van der Waals surface area contributed by atoms with Crippen molar-refractivity contribution >= 4 is 15.7 Å². The van der Waals surface area contributed by atoms with Gasteiger partial charge in [-0.05, 0) is 24.3 Å². The maximum atomic E-state index is 12.2. The fourth-order valence-corrected chi connectivity index (χ4v) is 2.85. The zero-order chi connectivity index (χ0) is 13.9. The zero-order valence-corrected chi connectivity index (χ0v) is 11.0. The van der Waals surface area contributed by atoms with Crippen LogP contribution in [0.1, 0.15) is 0 Å². The van der Waals surface area contributed by atoms with E-state index in [0.29, 0.717) is 0 Å². The Balaban J connectivity index is 2.41. The Bertz CT molecular complexity index is 683. The third-order valence-electron chi connectivity index (χ3n) is 2.51. The van der Waals surface area contributed by atoms with Gasteiger partial charge >= 0.3 is 0 Å². The van der Waals surface area contributed by atoms with Crippen molar-refractivity contribution in [1.29, 1.82) is 0 Å². The van der Waals surface area contributed by atoms with Crippen molar-refractivity contribution in [3.05, 3.63) is 48.5 Å². The van der Waals surface area contributed by atoms with Crippen molar-refractivity contribution in [3.63, 3.8) is 0 Å². The van der Waals surface area contributed by atoms with Crippen molar-refractivity contribution in [2.45, 2.75) is 4.90 Å². The second-order valence-corrected chi connectivity index (χ2v) is 5.42. The Morgan fingerprint density at radius 3 is 2.37 bits per heavy atom. The second kappa shape index (κ2) is 5.19. The van der Waals surface area contributed by atoms with E-state index >= 15 is 0 Å². The predicted molar refractivity (Wildman–Crippen MR) is 71.9 cm³/mol. The molecule has 100 valence electrons. The van der Waals surface area contributed by atoms with Gasteiger partial charge in [-0.2, -0.15) is 0 Å². The monoisotopic (exact) mass is 279 g/mol. The average Bonchev–Trinajstić information content (AvgIpc) is 2.41. The Labute approximate surface area is 111 Å². The van der Waals surface area contributed by atoms with Gasteiger partial charge < -0.3 is 9.84 Å². The highest BCUT2D eigenvalue weighted by molar-refractivity contribution is 7.92. The smallest absolute Gasteiger partial charge is 0.265 e. The topological polar surface area (TPSA) is 75.6 Å². The van der Waals surface area contributed by atoms with E-state index in [0.717, 1.165) is 0 Å². The lowest BCUT2D eigenvalue weighted by Crippen LogP contribution is -2.14. The van der Waals surface area contributed by atoms with Crippen LogP contribution in [-0.2, 0) is 10.0 Å². The van der Waals surface area contributed by atoms with Crippen LogP contribution in [0.3, 0.4) is 0 Å². The normalized spacial score (nSPS) is 11.0. The van der Waals surface area contributed by atoms with Gasteiger partial charge in [0.25, 0.3) is 10.0 Å². The lowest BCUT2D eigenvalue weighted by Gasteiger charge is -2.12. The summed E-state index contributed by atoms with van der Waals surface area (Å²) >= 11 is 0. The first-order valence-corrected chi connectivity index (χ1v) is 6.97. The van der Waals surface area contributed by atoms with E-state index in [1.54, 1.807) is 30.3 Å². The number of anilines is 1. The van der Waals surface area contributed by atoms with Gasteiger partial charge in [0.2, 0.25) is 0 Å². The molecule has 0 atom stereocenters. The number of aromatic hydroxyl groups is 1. The third kappa shape index (κ3) is 2.79. The molecule has 0 aromatic heterocycles. The van der Waals surface area contributed by atoms with E-state index in [1.807, 2.05) is 0 Å². The Kier molecular flexibility index (Phi) is 3.62. The molecule has 0 spiro atoms. The van der Waals surface area contributed by atoms with Crippen molar-refractivity contribution < 1.29 is 18.3 Å². The highest BCUT2D eigenvalue weighted by atomic mass is 32.2. The number of para-hydroxylation sites is 3. The van der Waals surface area contributed by atoms with Crippen LogP contribution in [0, 0.1) is 0 Å². The van der Waals surface area contributed by atoms with Gasteiger partial charge in [0.1, 0.15) is 16.4 Å². The first kappa shape index (κ1) is 13.2. The van der Waals surface area contributed by atoms with Crippen LogP contribution in [0.4, 0.5) is 5.69 Å². The molecule has 0 radical (unpaired) electrons. The number of nitrogens with one attached hydrogen (secondary N) is 1. The van der Waals surface area contributed by atoms with E-state index in [1.165, 1.54) is 25.3 Å². The van der Waals surface area contributed by atoms with E-state index in [4.69, 9.17) is 4.74 Å². The third-order valence-corrected chi connectivity index (χ3v) is 3.91. The number of methoxy groups -OCH3 is 1. The standard InChI is InChI=1S/C13H13NO4S/c1-18-12-8-4-5-9-13(12)19(16,17)14-10-6-2-3-7-11(10)15/h2-9,14-15H,1H3. The largest absolute Gasteiger partial charge is 0.506 e. The molecule has 0 saturated carbocycles. The highest BCUT2D eigenvalue weighted by Gasteiger charge is 2.19. The van der Waals surface area contributed by atoms with Crippen LogP contribution in [0.2, 0.25) is 0 Å². The van der Waals surface area contributed by atoms with Crippen molar-refractivity contribution in [2.24, 2.45) is 0 Å². The molecule has 0 unspecified atom stereocenters. The summed E-state index contributed by atoms with van der Waals surface area (Å²) in [7, 11) is -2.42. The van der Waals surface area contributed by atoms with E-state index < -0.39 is 10.0 Å².